The second-order valence-electron chi connectivity index (χ2n) is 3.58. The Morgan fingerprint density at radius 1 is 1.53 bits per heavy atom. The van der Waals surface area contributed by atoms with Gasteiger partial charge in [-0.3, -0.25) is 4.79 Å². The number of carbonyl (C=O) groups excluding carboxylic acids is 1. The van der Waals surface area contributed by atoms with Crippen LogP contribution in [0.3, 0.4) is 0 Å². The van der Waals surface area contributed by atoms with Crippen LogP contribution in [0.15, 0.2) is 35.4 Å². The molecule has 0 atom stereocenters. The van der Waals surface area contributed by atoms with E-state index in [2.05, 4.69) is 22.9 Å². The first-order valence-electron chi connectivity index (χ1n) is 5.13. The summed E-state index contributed by atoms with van der Waals surface area (Å²) in [6, 6.07) is 7.17. The fraction of sp³-hybridized carbons (Fsp3) is 0.167. The summed E-state index contributed by atoms with van der Waals surface area (Å²) >= 11 is 5.79. The number of nitrogens with one attached hydrogen (secondary N) is 1. The molecule has 17 heavy (non-hydrogen) atoms. The van der Waals surface area contributed by atoms with Crippen molar-refractivity contribution in [3.63, 3.8) is 0 Å². The molecule has 1 aromatic heterocycles. The van der Waals surface area contributed by atoms with Crippen molar-refractivity contribution < 1.29 is 4.79 Å². The lowest BCUT2D eigenvalue weighted by Crippen LogP contribution is -2.22. The van der Waals surface area contributed by atoms with Crippen molar-refractivity contribution in [3.8, 4) is 0 Å². The van der Waals surface area contributed by atoms with E-state index in [1.54, 1.807) is 29.7 Å². The summed E-state index contributed by atoms with van der Waals surface area (Å²) in [6.07, 6.45) is 1.79. The normalized spacial score (nSPS) is 10.2. The van der Waals surface area contributed by atoms with Crippen LogP contribution in [-0.4, -0.2) is 10.9 Å². The number of carbonyl (C=O) groups is 1. The molecular weight excluding hydrogens is 252 g/mol. The number of nitrogens with zero attached hydrogens (tertiary/aromatic N) is 1. The highest BCUT2D eigenvalue weighted by Crippen LogP contribution is 2.12. The first-order valence-corrected chi connectivity index (χ1v) is 6.40. The zero-order valence-electron chi connectivity index (χ0n) is 9.30. The molecule has 0 saturated carbocycles. The van der Waals surface area contributed by atoms with Gasteiger partial charge in [0.05, 0.1) is 11.6 Å². The first-order chi connectivity index (χ1) is 8.15. The average Bonchev–Trinajstić information content (AvgIpc) is 2.72. The molecule has 0 saturated heterocycles. The van der Waals surface area contributed by atoms with Crippen LogP contribution in [0.5, 0.6) is 0 Å². The molecule has 0 radical (unpaired) electrons. The van der Waals surface area contributed by atoms with Crippen LogP contribution in [0.2, 0.25) is 0 Å². The molecule has 0 aliphatic rings. The van der Waals surface area contributed by atoms with Crippen LogP contribution in [-0.2, 0) is 6.54 Å². The van der Waals surface area contributed by atoms with Crippen molar-refractivity contribution in [2.75, 3.05) is 0 Å². The second-order valence-corrected chi connectivity index (χ2v) is 5.41. The van der Waals surface area contributed by atoms with E-state index in [4.69, 9.17) is 0 Å². The van der Waals surface area contributed by atoms with E-state index < -0.39 is 0 Å². The molecule has 2 aromatic rings. The molecule has 0 unspecified atom stereocenters. The minimum Gasteiger partial charge on any atom is -0.347 e. The Morgan fingerprint density at radius 3 is 3.00 bits per heavy atom. The Morgan fingerprint density at radius 2 is 2.35 bits per heavy atom. The molecular formula is C12H12N2OS2. The molecule has 1 aromatic carbocycles. The van der Waals surface area contributed by atoms with E-state index in [1.807, 2.05) is 19.1 Å². The quantitative estimate of drug-likeness (QED) is 0.837. The van der Waals surface area contributed by atoms with Gasteiger partial charge in [0.25, 0.3) is 5.91 Å². The van der Waals surface area contributed by atoms with E-state index in [-0.39, 0.29) is 5.91 Å². The monoisotopic (exact) mass is 264 g/mol. The maximum absolute atomic E-state index is 11.8. The van der Waals surface area contributed by atoms with Crippen LogP contribution in [0, 0.1) is 6.92 Å². The van der Waals surface area contributed by atoms with Crippen molar-refractivity contribution in [1.29, 1.82) is 0 Å². The van der Waals surface area contributed by atoms with E-state index in [1.165, 1.54) is 0 Å². The SMILES string of the molecule is Cc1ncc(CNC(=O)c2cccc(S)c2)s1. The van der Waals surface area contributed by atoms with Crippen molar-refractivity contribution in [2.24, 2.45) is 0 Å². The molecule has 0 aliphatic carbocycles. The van der Waals surface area contributed by atoms with Gasteiger partial charge in [0.1, 0.15) is 0 Å². The Bertz CT molecular complexity index is 537. The lowest BCUT2D eigenvalue weighted by atomic mass is 10.2. The van der Waals surface area contributed by atoms with E-state index in [9.17, 15) is 4.79 Å². The number of amides is 1. The zero-order valence-corrected chi connectivity index (χ0v) is 11.0. The molecule has 2 rings (SSSR count). The van der Waals surface area contributed by atoms with Crippen molar-refractivity contribution in [3.05, 3.63) is 45.9 Å². The van der Waals surface area contributed by atoms with Crippen molar-refractivity contribution in [2.45, 2.75) is 18.4 Å². The van der Waals surface area contributed by atoms with Crippen LogP contribution in [0.1, 0.15) is 20.2 Å². The van der Waals surface area contributed by atoms with Gasteiger partial charge >= 0.3 is 0 Å². The Kier molecular flexibility index (Phi) is 3.81. The summed E-state index contributed by atoms with van der Waals surface area (Å²) in [7, 11) is 0. The van der Waals surface area contributed by atoms with Crippen molar-refractivity contribution >= 4 is 29.9 Å². The van der Waals surface area contributed by atoms with E-state index in [0.717, 1.165) is 14.8 Å². The maximum atomic E-state index is 11.8. The summed E-state index contributed by atoms with van der Waals surface area (Å²) in [6.45, 7) is 2.46. The number of benzene rings is 1. The predicted octanol–water partition coefficient (Wildman–Crippen LogP) is 2.67. The first kappa shape index (κ1) is 12.1. The molecule has 0 aliphatic heterocycles. The number of hydrogen-bond acceptors (Lipinski definition) is 4. The smallest absolute Gasteiger partial charge is 0.251 e. The number of aryl methyl sites for hydroxylation is 1. The maximum Gasteiger partial charge on any atom is 0.251 e. The molecule has 1 N–H and O–H groups in total. The molecule has 3 nitrogen and oxygen atoms in total. The highest BCUT2D eigenvalue weighted by atomic mass is 32.1. The predicted molar refractivity (Wildman–Crippen MR) is 71.7 cm³/mol. The van der Waals surface area contributed by atoms with Crippen LogP contribution in [0.25, 0.3) is 0 Å². The van der Waals surface area contributed by atoms with Gasteiger partial charge in [-0.1, -0.05) is 6.07 Å². The third kappa shape index (κ3) is 3.31. The highest BCUT2D eigenvalue weighted by Gasteiger charge is 2.06. The Hall–Kier alpha value is -1.33. The average molecular weight is 264 g/mol. The standard InChI is InChI=1S/C12H12N2OS2/c1-8-13-6-11(17-8)7-14-12(15)9-3-2-4-10(16)5-9/h2-6,16H,7H2,1H3,(H,14,15). The van der Waals surface area contributed by atoms with Gasteiger partial charge in [0.2, 0.25) is 0 Å². The fourth-order valence-corrected chi connectivity index (χ4v) is 2.36. The summed E-state index contributed by atoms with van der Waals surface area (Å²) in [5.74, 6) is -0.0908. The van der Waals surface area contributed by atoms with Gasteiger partial charge in [-0.15, -0.1) is 24.0 Å². The molecule has 0 fully saturated rings. The van der Waals surface area contributed by atoms with E-state index in [0.29, 0.717) is 12.1 Å². The third-order valence-corrected chi connectivity index (χ3v) is 3.39. The summed E-state index contributed by atoms with van der Waals surface area (Å²) in [5.41, 5.74) is 0.624. The van der Waals surface area contributed by atoms with Gasteiger partial charge in [-0.05, 0) is 25.1 Å². The van der Waals surface area contributed by atoms with Gasteiger partial charge in [0, 0.05) is 21.5 Å². The summed E-state index contributed by atoms with van der Waals surface area (Å²) in [5, 5.41) is 3.86. The van der Waals surface area contributed by atoms with Crippen molar-refractivity contribution in [1.82, 2.24) is 10.3 Å². The van der Waals surface area contributed by atoms with Gasteiger partial charge in [-0.25, -0.2) is 4.98 Å². The topological polar surface area (TPSA) is 42.0 Å². The number of thiol groups is 1. The highest BCUT2D eigenvalue weighted by molar-refractivity contribution is 7.80. The Balaban J connectivity index is 1.98. The van der Waals surface area contributed by atoms with Gasteiger partial charge < -0.3 is 5.32 Å². The number of rotatable bonds is 3. The minimum absolute atomic E-state index is 0.0908. The molecule has 1 heterocycles. The number of aromatic nitrogens is 1. The van der Waals surface area contributed by atoms with Crippen LogP contribution in [0.4, 0.5) is 0 Å². The van der Waals surface area contributed by atoms with Gasteiger partial charge in [-0.2, -0.15) is 0 Å². The molecule has 1 amide bonds. The molecule has 5 heteroatoms. The summed E-state index contributed by atoms with van der Waals surface area (Å²) in [4.78, 5) is 17.8. The van der Waals surface area contributed by atoms with Crippen LogP contribution < -0.4 is 5.32 Å². The third-order valence-electron chi connectivity index (χ3n) is 2.20. The lowest BCUT2D eigenvalue weighted by Gasteiger charge is -2.03. The fourth-order valence-electron chi connectivity index (χ4n) is 1.40. The zero-order chi connectivity index (χ0) is 12.3. The number of hydrogen-bond donors (Lipinski definition) is 2. The molecule has 88 valence electrons. The van der Waals surface area contributed by atoms with Gasteiger partial charge in [0.15, 0.2) is 0 Å². The largest absolute Gasteiger partial charge is 0.347 e. The number of thiazole rings is 1. The Labute approximate surface area is 109 Å². The molecule has 0 spiro atoms. The van der Waals surface area contributed by atoms with Crippen LogP contribution >= 0.6 is 24.0 Å². The molecule has 0 bridgehead atoms. The lowest BCUT2D eigenvalue weighted by molar-refractivity contribution is 0.0951. The van der Waals surface area contributed by atoms with E-state index >= 15 is 0 Å². The minimum atomic E-state index is -0.0908. The second kappa shape index (κ2) is 5.33. The summed E-state index contributed by atoms with van der Waals surface area (Å²) < 4.78 is 0.